The number of rotatable bonds is 4. The molecular formula is C17H11ClF3N3O3S. The summed E-state index contributed by atoms with van der Waals surface area (Å²) in [6.07, 6.45) is 1.09. The number of sulfonamides is 1. The van der Waals surface area contributed by atoms with Crippen molar-refractivity contribution in [2.45, 2.75) is 11.8 Å². The Morgan fingerprint density at radius 3 is 2.39 bits per heavy atom. The molecular weight excluding hydrogens is 419 g/mol. The van der Waals surface area contributed by atoms with Crippen LogP contribution in [-0.2, 0) is 10.0 Å². The third kappa shape index (κ3) is 3.87. The highest BCUT2D eigenvalue weighted by atomic mass is 35.5. The summed E-state index contributed by atoms with van der Waals surface area (Å²) in [5.41, 5.74) is -0.320. The number of hydrogen-bond acceptors (Lipinski definition) is 4. The van der Waals surface area contributed by atoms with Gasteiger partial charge in [0, 0.05) is 12.3 Å². The van der Waals surface area contributed by atoms with Gasteiger partial charge in [0.2, 0.25) is 0 Å². The number of aromatic nitrogens is 2. The van der Waals surface area contributed by atoms with E-state index in [1.807, 2.05) is 0 Å². The summed E-state index contributed by atoms with van der Waals surface area (Å²) < 4.78 is 68.2. The number of nitrogens with one attached hydrogen (secondary N) is 1. The fourth-order valence-electron chi connectivity index (χ4n) is 2.49. The standard InChI is InChI=1S/C17H11ClF3N3O3S/c1-9-22-15(8-24(9)12-6-10(19)5-11(20)7-12)17(25)23-28(26,27)16-13(18)3-2-4-14(16)21/h2-8H,1H3,(H,23,25). The smallest absolute Gasteiger partial charge is 0.285 e. The molecule has 0 aliphatic heterocycles. The first kappa shape index (κ1) is 19.9. The molecule has 1 aromatic heterocycles. The number of halogens is 4. The Morgan fingerprint density at radius 2 is 1.79 bits per heavy atom. The Morgan fingerprint density at radius 1 is 1.14 bits per heavy atom. The SMILES string of the molecule is Cc1nc(C(=O)NS(=O)(=O)c2c(F)cccc2Cl)cn1-c1cc(F)cc(F)c1. The molecule has 2 aromatic carbocycles. The lowest BCUT2D eigenvalue weighted by atomic mass is 10.3. The van der Waals surface area contributed by atoms with Crippen LogP contribution in [0.15, 0.2) is 47.5 Å². The zero-order valence-electron chi connectivity index (χ0n) is 14.1. The Bertz CT molecular complexity index is 1160. The average molecular weight is 430 g/mol. The van der Waals surface area contributed by atoms with Gasteiger partial charge in [-0.3, -0.25) is 4.79 Å². The van der Waals surface area contributed by atoms with E-state index < -0.39 is 43.3 Å². The van der Waals surface area contributed by atoms with Gasteiger partial charge in [0.15, 0.2) is 0 Å². The van der Waals surface area contributed by atoms with E-state index in [9.17, 15) is 26.4 Å². The quantitative estimate of drug-likeness (QED) is 0.689. The molecule has 0 saturated heterocycles. The molecule has 0 saturated carbocycles. The Kier molecular flexibility index (Phi) is 5.18. The fraction of sp³-hybridized carbons (Fsp3) is 0.0588. The Balaban J connectivity index is 1.94. The molecule has 28 heavy (non-hydrogen) atoms. The molecule has 0 spiro atoms. The summed E-state index contributed by atoms with van der Waals surface area (Å²) in [5, 5.41) is -0.405. The maximum atomic E-state index is 13.9. The van der Waals surface area contributed by atoms with Crippen LogP contribution in [-0.4, -0.2) is 23.9 Å². The first-order valence-corrected chi connectivity index (χ1v) is 9.48. The number of carbonyl (C=O) groups excluding carboxylic acids is 1. The molecule has 0 unspecified atom stereocenters. The third-order valence-corrected chi connectivity index (χ3v) is 5.49. The maximum absolute atomic E-state index is 13.9. The van der Waals surface area contributed by atoms with Crippen LogP contribution < -0.4 is 4.72 Å². The first-order chi connectivity index (χ1) is 13.1. The molecule has 0 aliphatic carbocycles. The van der Waals surface area contributed by atoms with Gasteiger partial charge >= 0.3 is 0 Å². The van der Waals surface area contributed by atoms with Crippen molar-refractivity contribution in [1.82, 2.24) is 14.3 Å². The largest absolute Gasteiger partial charge is 0.303 e. The lowest BCUT2D eigenvalue weighted by molar-refractivity contribution is 0.0977. The van der Waals surface area contributed by atoms with Crippen LogP contribution in [0, 0.1) is 24.4 Å². The van der Waals surface area contributed by atoms with Crippen molar-refractivity contribution in [2.75, 3.05) is 0 Å². The van der Waals surface area contributed by atoms with E-state index in [0.29, 0.717) is 6.07 Å². The third-order valence-electron chi connectivity index (χ3n) is 3.66. The van der Waals surface area contributed by atoms with E-state index in [-0.39, 0.29) is 17.2 Å². The highest BCUT2D eigenvalue weighted by molar-refractivity contribution is 7.90. The van der Waals surface area contributed by atoms with Crippen molar-refractivity contribution in [3.05, 3.63) is 76.6 Å². The molecule has 1 amide bonds. The van der Waals surface area contributed by atoms with Crippen LogP contribution in [0.2, 0.25) is 5.02 Å². The molecule has 6 nitrogen and oxygen atoms in total. The van der Waals surface area contributed by atoms with Crippen molar-refractivity contribution >= 4 is 27.5 Å². The van der Waals surface area contributed by atoms with Crippen LogP contribution in [0.25, 0.3) is 5.69 Å². The van der Waals surface area contributed by atoms with Crippen molar-refractivity contribution < 1.29 is 26.4 Å². The molecule has 0 bridgehead atoms. The summed E-state index contributed by atoms with van der Waals surface area (Å²) in [7, 11) is -4.63. The van der Waals surface area contributed by atoms with Gasteiger partial charge in [-0.15, -0.1) is 0 Å². The van der Waals surface area contributed by atoms with Crippen molar-refractivity contribution in [3.63, 3.8) is 0 Å². The Labute approximate surface area is 162 Å². The second kappa shape index (κ2) is 7.28. The summed E-state index contributed by atoms with van der Waals surface area (Å²) in [5.74, 6) is -3.82. The molecule has 0 radical (unpaired) electrons. The lowest BCUT2D eigenvalue weighted by Crippen LogP contribution is -2.31. The zero-order chi connectivity index (χ0) is 20.6. The van der Waals surface area contributed by atoms with E-state index in [1.54, 1.807) is 4.72 Å². The van der Waals surface area contributed by atoms with Gasteiger partial charge in [0.05, 0.1) is 10.7 Å². The fourth-order valence-corrected chi connectivity index (χ4v) is 4.05. The van der Waals surface area contributed by atoms with Gasteiger partial charge in [-0.2, -0.15) is 0 Å². The minimum Gasteiger partial charge on any atom is -0.303 e. The number of aryl methyl sites for hydroxylation is 1. The number of nitrogens with zero attached hydrogens (tertiary/aromatic N) is 2. The molecule has 3 rings (SSSR count). The number of hydrogen-bond donors (Lipinski definition) is 1. The second-order valence-corrected chi connectivity index (χ2v) is 7.68. The highest BCUT2D eigenvalue weighted by Gasteiger charge is 2.26. The summed E-state index contributed by atoms with van der Waals surface area (Å²) in [6, 6.07) is 5.93. The van der Waals surface area contributed by atoms with Gasteiger partial charge < -0.3 is 4.57 Å². The van der Waals surface area contributed by atoms with E-state index in [2.05, 4.69) is 4.98 Å². The molecule has 146 valence electrons. The number of amides is 1. The van der Waals surface area contributed by atoms with E-state index in [4.69, 9.17) is 11.6 Å². The Hall–Kier alpha value is -2.85. The highest BCUT2D eigenvalue weighted by Crippen LogP contribution is 2.24. The van der Waals surface area contributed by atoms with Crippen LogP contribution >= 0.6 is 11.6 Å². The van der Waals surface area contributed by atoms with Crippen molar-refractivity contribution in [3.8, 4) is 5.69 Å². The van der Waals surface area contributed by atoms with E-state index in [1.165, 1.54) is 17.6 Å². The van der Waals surface area contributed by atoms with Gasteiger partial charge in [-0.1, -0.05) is 17.7 Å². The summed E-state index contributed by atoms with van der Waals surface area (Å²) in [6.45, 7) is 1.45. The van der Waals surface area contributed by atoms with Crippen LogP contribution in [0.5, 0.6) is 0 Å². The molecule has 3 aromatic rings. The zero-order valence-corrected chi connectivity index (χ0v) is 15.7. The molecule has 1 N–H and O–H groups in total. The van der Waals surface area contributed by atoms with Gasteiger partial charge in [-0.25, -0.2) is 31.3 Å². The predicted octanol–water partition coefficient (Wildman–Crippen LogP) is 3.37. The minimum absolute atomic E-state index is 0.0431. The first-order valence-electron chi connectivity index (χ1n) is 7.62. The number of benzene rings is 2. The summed E-state index contributed by atoms with van der Waals surface area (Å²) >= 11 is 5.72. The normalized spacial score (nSPS) is 11.5. The van der Waals surface area contributed by atoms with Crippen LogP contribution in [0.3, 0.4) is 0 Å². The van der Waals surface area contributed by atoms with Crippen LogP contribution in [0.4, 0.5) is 13.2 Å². The van der Waals surface area contributed by atoms with Gasteiger partial charge in [0.1, 0.15) is 33.9 Å². The molecule has 1 heterocycles. The topological polar surface area (TPSA) is 81.1 Å². The monoisotopic (exact) mass is 429 g/mol. The average Bonchev–Trinajstić information content (AvgIpc) is 2.95. The van der Waals surface area contributed by atoms with E-state index in [0.717, 1.165) is 30.5 Å². The van der Waals surface area contributed by atoms with Crippen LogP contribution in [0.1, 0.15) is 16.3 Å². The van der Waals surface area contributed by atoms with Gasteiger partial charge in [0.25, 0.3) is 15.9 Å². The molecule has 11 heteroatoms. The molecule has 0 aliphatic rings. The minimum atomic E-state index is -4.63. The number of carbonyl (C=O) groups is 1. The lowest BCUT2D eigenvalue weighted by Gasteiger charge is -2.08. The predicted molar refractivity (Wildman–Crippen MR) is 94.3 cm³/mol. The maximum Gasteiger partial charge on any atom is 0.285 e. The van der Waals surface area contributed by atoms with Crippen molar-refractivity contribution in [2.24, 2.45) is 0 Å². The molecule has 0 atom stereocenters. The second-order valence-electron chi connectivity index (χ2n) is 5.66. The van der Waals surface area contributed by atoms with E-state index >= 15 is 0 Å². The number of imidazole rings is 1. The van der Waals surface area contributed by atoms with Crippen molar-refractivity contribution in [1.29, 1.82) is 0 Å². The molecule has 0 fully saturated rings. The summed E-state index contributed by atoms with van der Waals surface area (Å²) in [4.78, 5) is 15.3. The van der Waals surface area contributed by atoms with Gasteiger partial charge in [-0.05, 0) is 31.2 Å².